The summed E-state index contributed by atoms with van der Waals surface area (Å²) >= 11 is 5.47. The average Bonchev–Trinajstić information content (AvgIpc) is 0.811. The highest BCUT2D eigenvalue weighted by Crippen LogP contribution is 2.37. The van der Waals surface area contributed by atoms with Crippen LogP contribution >= 0.6 is 36.2 Å². The van der Waals surface area contributed by atoms with Crippen LogP contribution in [-0.2, 0) is 4.57 Å². The van der Waals surface area contributed by atoms with E-state index in [0.29, 0.717) is 0 Å². The van der Waals surface area contributed by atoms with Crippen molar-refractivity contribution in [3.63, 3.8) is 0 Å². The summed E-state index contributed by atoms with van der Waals surface area (Å²) in [5.41, 5.74) is 0. The second-order valence-corrected chi connectivity index (χ2v) is 8.19. The molecule has 0 saturated heterocycles. The first-order valence-corrected chi connectivity index (χ1v) is 6.50. The molecule has 0 radical (unpaired) electrons. The smallest absolute Gasteiger partial charge is 0.197 e. The third kappa shape index (κ3) is 10.8. The van der Waals surface area contributed by atoms with Crippen molar-refractivity contribution in [3.05, 3.63) is 0 Å². The third-order valence-corrected chi connectivity index (χ3v) is 0. The van der Waals surface area contributed by atoms with E-state index < -0.39 is 5.21 Å². The fourth-order valence-electron chi connectivity index (χ4n) is 0. The fourth-order valence-corrected chi connectivity index (χ4v) is 0. The SMILES string of the molecule is O=[PH](Br)Br. The predicted molar refractivity (Wildman–Crippen MR) is 26.9 cm³/mol. The Morgan fingerprint density at radius 1 is 1.50 bits per heavy atom. The Morgan fingerprint density at radius 3 is 1.50 bits per heavy atom. The van der Waals surface area contributed by atoms with Gasteiger partial charge in [-0.1, -0.05) is 0 Å². The molecule has 0 heterocycles. The van der Waals surface area contributed by atoms with Gasteiger partial charge in [-0.25, -0.2) is 0 Å². The van der Waals surface area contributed by atoms with Crippen molar-refractivity contribution in [1.82, 2.24) is 0 Å². The summed E-state index contributed by atoms with van der Waals surface area (Å²) in [5, 5.41) is -1.50. The summed E-state index contributed by atoms with van der Waals surface area (Å²) in [6.45, 7) is 0. The van der Waals surface area contributed by atoms with E-state index >= 15 is 0 Å². The topological polar surface area (TPSA) is 17.1 Å². The fraction of sp³-hybridized carbons (Fsp3) is 0. The van der Waals surface area contributed by atoms with Crippen LogP contribution in [0, 0.1) is 0 Å². The Hall–Kier alpha value is 1.19. The Kier molecular flexibility index (Phi) is 3.15. The van der Waals surface area contributed by atoms with Gasteiger partial charge in [0.25, 0.3) is 0 Å². The molecule has 4 heavy (non-hydrogen) atoms. The van der Waals surface area contributed by atoms with Crippen molar-refractivity contribution in [2.24, 2.45) is 0 Å². The van der Waals surface area contributed by atoms with Gasteiger partial charge in [-0.15, -0.1) is 0 Å². The number of halogens is 2. The van der Waals surface area contributed by atoms with Gasteiger partial charge in [-0.3, -0.25) is 0 Å². The van der Waals surface area contributed by atoms with Gasteiger partial charge in [0, 0.05) is 0 Å². The van der Waals surface area contributed by atoms with Gasteiger partial charge < -0.3 is 4.57 Å². The zero-order valence-electron chi connectivity index (χ0n) is 1.66. The summed E-state index contributed by atoms with van der Waals surface area (Å²) in [6.07, 6.45) is 0. The quantitative estimate of drug-likeness (QED) is 0.557. The molecular formula is HBr2OP. The lowest BCUT2D eigenvalue weighted by Crippen LogP contribution is -0.909. The second-order valence-electron chi connectivity index (χ2n) is 0.226. The number of hydrogen-bond donors (Lipinski definition) is 0. The maximum absolute atomic E-state index is 9.46. The van der Waals surface area contributed by atoms with E-state index in [1.165, 1.54) is 0 Å². The van der Waals surface area contributed by atoms with Crippen LogP contribution in [0.4, 0.5) is 0 Å². The minimum Gasteiger partial charge on any atom is -0.303 e. The predicted octanol–water partition coefficient (Wildman–Crippen LogP) is 2.17. The average molecular weight is 208 g/mol. The first-order chi connectivity index (χ1) is 1.73. The van der Waals surface area contributed by atoms with Crippen LogP contribution in [0.5, 0.6) is 0 Å². The van der Waals surface area contributed by atoms with E-state index in [9.17, 15) is 4.57 Å². The van der Waals surface area contributed by atoms with Crippen LogP contribution in [0.3, 0.4) is 0 Å². The van der Waals surface area contributed by atoms with E-state index in [2.05, 4.69) is 31.0 Å². The van der Waals surface area contributed by atoms with Gasteiger partial charge >= 0.3 is 0 Å². The molecular weight excluding hydrogens is 207 g/mol. The zero-order valence-corrected chi connectivity index (χ0v) is 5.84. The summed E-state index contributed by atoms with van der Waals surface area (Å²) in [5.74, 6) is 0. The first-order valence-electron chi connectivity index (χ1n) is 0.582. The van der Waals surface area contributed by atoms with Crippen LogP contribution in [0.1, 0.15) is 0 Å². The lowest BCUT2D eigenvalue weighted by Gasteiger charge is -1.53. The zero-order chi connectivity index (χ0) is 3.58. The molecule has 26 valence electrons. The summed E-state index contributed by atoms with van der Waals surface area (Å²) < 4.78 is 9.46. The summed E-state index contributed by atoms with van der Waals surface area (Å²) in [4.78, 5) is 0. The summed E-state index contributed by atoms with van der Waals surface area (Å²) in [6, 6.07) is 0. The van der Waals surface area contributed by atoms with E-state index in [1.54, 1.807) is 0 Å². The van der Waals surface area contributed by atoms with Gasteiger partial charge in [0.1, 0.15) is 0 Å². The first kappa shape index (κ1) is 5.19. The highest BCUT2D eigenvalue weighted by atomic mass is 79.9. The van der Waals surface area contributed by atoms with Crippen molar-refractivity contribution in [1.29, 1.82) is 0 Å². The third-order valence-electron chi connectivity index (χ3n) is 0. The molecule has 0 aromatic carbocycles. The van der Waals surface area contributed by atoms with Crippen LogP contribution in [0.2, 0.25) is 0 Å². The van der Waals surface area contributed by atoms with Crippen molar-refractivity contribution < 1.29 is 4.57 Å². The largest absolute Gasteiger partial charge is 0.303 e. The van der Waals surface area contributed by atoms with E-state index in [0.717, 1.165) is 0 Å². The van der Waals surface area contributed by atoms with Crippen LogP contribution in [0.25, 0.3) is 0 Å². The molecule has 0 N–H and O–H groups in total. The molecule has 0 fully saturated rings. The molecule has 0 aromatic rings. The molecule has 0 saturated carbocycles. The Balaban J connectivity index is 2.80. The molecule has 1 nitrogen and oxygen atoms in total. The van der Waals surface area contributed by atoms with Crippen LogP contribution < -0.4 is 0 Å². The molecule has 0 aliphatic carbocycles. The van der Waals surface area contributed by atoms with E-state index in [4.69, 9.17) is 0 Å². The molecule has 0 atom stereocenters. The summed E-state index contributed by atoms with van der Waals surface area (Å²) in [7, 11) is 0. The van der Waals surface area contributed by atoms with Gasteiger partial charge in [0.2, 0.25) is 0 Å². The molecule has 0 unspecified atom stereocenters. The molecule has 0 aliphatic heterocycles. The van der Waals surface area contributed by atoms with E-state index in [-0.39, 0.29) is 0 Å². The van der Waals surface area contributed by atoms with Crippen molar-refractivity contribution in [2.75, 3.05) is 0 Å². The van der Waals surface area contributed by atoms with Crippen LogP contribution in [-0.4, -0.2) is 0 Å². The van der Waals surface area contributed by atoms with Crippen molar-refractivity contribution in [2.45, 2.75) is 0 Å². The monoisotopic (exact) mass is 206 g/mol. The van der Waals surface area contributed by atoms with Gasteiger partial charge in [-0.05, 0) is 31.0 Å². The Morgan fingerprint density at radius 2 is 1.50 bits per heavy atom. The molecule has 0 bridgehead atoms. The van der Waals surface area contributed by atoms with Gasteiger partial charge in [-0.2, -0.15) is 0 Å². The molecule has 0 amide bonds. The number of rotatable bonds is 0. The molecule has 0 rings (SSSR count). The minimum atomic E-state index is -1.50. The number of hydrogen-bond acceptors (Lipinski definition) is 1. The Bertz CT molecular complexity index is 29.0. The minimum absolute atomic E-state index is 1.50. The Labute approximate surface area is 41.0 Å². The highest BCUT2D eigenvalue weighted by molar-refractivity contribution is 9.67. The standard InChI is InChI=1S/Br2HOP/c1-4(2)3/h4H. The molecule has 0 spiro atoms. The molecule has 0 aromatic heterocycles. The normalized spacial score (nSPS) is 8.75. The van der Waals surface area contributed by atoms with Gasteiger partial charge in [0.05, 0.1) is 0 Å². The van der Waals surface area contributed by atoms with Crippen molar-refractivity contribution >= 4 is 36.2 Å². The lowest BCUT2D eigenvalue weighted by molar-refractivity contribution is 0.604. The van der Waals surface area contributed by atoms with Crippen LogP contribution in [0.15, 0.2) is 0 Å². The maximum atomic E-state index is 9.46. The van der Waals surface area contributed by atoms with Crippen molar-refractivity contribution in [3.8, 4) is 0 Å². The van der Waals surface area contributed by atoms with Gasteiger partial charge in [0.15, 0.2) is 5.21 Å². The van der Waals surface area contributed by atoms with E-state index in [1.807, 2.05) is 0 Å². The second kappa shape index (κ2) is 2.43. The maximum Gasteiger partial charge on any atom is 0.197 e. The highest BCUT2D eigenvalue weighted by Gasteiger charge is 1.66. The lowest BCUT2D eigenvalue weighted by atomic mass is 16.0. The molecule has 4 heteroatoms. The molecule has 0 aliphatic rings.